The van der Waals surface area contributed by atoms with Gasteiger partial charge in [0.15, 0.2) is 23.0 Å². The van der Waals surface area contributed by atoms with Gasteiger partial charge >= 0.3 is 23.9 Å². The highest BCUT2D eigenvalue weighted by molar-refractivity contribution is 5.89. The van der Waals surface area contributed by atoms with Crippen LogP contribution in [0.4, 0.5) is 0 Å². The number of carbonyl (C=O) groups is 4. The van der Waals surface area contributed by atoms with Crippen LogP contribution in [0.3, 0.4) is 0 Å². The minimum absolute atomic E-state index is 0.00862. The topological polar surface area (TPSA) is 142 Å². The minimum Gasteiger partial charge on any atom is -0.486 e. The van der Waals surface area contributed by atoms with Crippen LogP contribution >= 0.6 is 0 Å². The van der Waals surface area contributed by atoms with Crippen LogP contribution in [-0.2, 0) is 43.5 Å². The number of ether oxygens (including phenoxy) is 8. The highest BCUT2D eigenvalue weighted by Gasteiger charge is 2.46. The maximum Gasteiger partial charge on any atom is 0.333 e. The summed E-state index contributed by atoms with van der Waals surface area (Å²) >= 11 is 0. The Morgan fingerprint density at radius 1 is 0.410 bits per heavy atom. The number of hydrogen-bond acceptors (Lipinski definition) is 12. The van der Waals surface area contributed by atoms with Crippen molar-refractivity contribution < 1.29 is 57.1 Å². The number of hydrogen-bond donors (Lipinski definition) is 0. The Labute approximate surface area is 356 Å². The molecule has 0 aliphatic heterocycles. The summed E-state index contributed by atoms with van der Waals surface area (Å²) in [4.78, 5) is 48.4. The van der Waals surface area contributed by atoms with E-state index in [-0.39, 0.29) is 75.1 Å². The van der Waals surface area contributed by atoms with E-state index in [2.05, 4.69) is 50.6 Å². The Bertz CT molecular complexity index is 2170. The van der Waals surface area contributed by atoms with Crippen molar-refractivity contribution in [3.05, 3.63) is 156 Å². The fourth-order valence-corrected chi connectivity index (χ4v) is 6.61. The van der Waals surface area contributed by atoms with E-state index in [0.717, 1.165) is 33.4 Å². The molecule has 12 heteroatoms. The molecule has 0 heterocycles. The number of rotatable bonds is 22. The molecule has 0 atom stereocenters. The van der Waals surface area contributed by atoms with Gasteiger partial charge in [0.05, 0.1) is 5.41 Å². The van der Waals surface area contributed by atoms with Crippen LogP contribution < -0.4 is 18.9 Å². The lowest BCUT2D eigenvalue weighted by Gasteiger charge is -2.34. The standard InChI is InChI=1S/C49H50O12/c1-31(2)45(50)58-25-21-54-41-19-17-35(29-43(41)56-23-27-60-47(52)33(5)6)49(39-15-11-9-13-37(39)38-14-10-12-16-40(38)49)36-18-20-42(55-22-26-59-46(51)32(3)4)44(30-36)57-24-28-61-48(53)34(7)8/h9-20,29-30H,1,3,5,7,21-28H2,2,4,6,8H3. The summed E-state index contributed by atoms with van der Waals surface area (Å²) in [6.07, 6.45) is 0. The lowest BCUT2D eigenvalue weighted by atomic mass is 9.67. The first-order chi connectivity index (χ1) is 29.2. The zero-order chi connectivity index (χ0) is 44.1. The van der Waals surface area contributed by atoms with Crippen LogP contribution in [-0.4, -0.2) is 76.7 Å². The smallest absolute Gasteiger partial charge is 0.333 e. The second-order valence-electron chi connectivity index (χ2n) is 14.2. The SMILES string of the molecule is C=C(C)C(=O)OCCOc1ccc(C2(c3ccc(OCCOC(=O)C(=C)C)c(OCCOC(=O)C(=C)C)c3)c3ccccc3-c3ccccc32)cc1OCCOC(=O)C(=C)C. The molecule has 0 amide bonds. The molecule has 318 valence electrons. The molecular weight excluding hydrogens is 781 g/mol. The van der Waals surface area contributed by atoms with E-state index in [4.69, 9.17) is 37.9 Å². The molecule has 0 bridgehead atoms. The second kappa shape index (κ2) is 20.7. The Balaban J connectivity index is 1.62. The minimum atomic E-state index is -0.979. The van der Waals surface area contributed by atoms with Gasteiger partial charge in [-0.15, -0.1) is 0 Å². The van der Waals surface area contributed by atoms with Crippen LogP contribution in [0.5, 0.6) is 23.0 Å². The van der Waals surface area contributed by atoms with Gasteiger partial charge in [-0.2, -0.15) is 0 Å². The van der Waals surface area contributed by atoms with Crippen molar-refractivity contribution >= 4 is 23.9 Å². The van der Waals surface area contributed by atoms with E-state index in [0.29, 0.717) is 23.0 Å². The van der Waals surface area contributed by atoms with Crippen molar-refractivity contribution in [2.75, 3.05) is 52.9 Å². The summed E-state index contributed by atoms with van der Waals surface area (Å²) in [6, 6.07) is 27.5. The zero-order valence-electron chi connectivity index (χ0n) is 35.0. The van der Waals surface area contributed by atoms with Gasteiger partial charge in [-0.1, -0.05) is 87.0 Å². The third-order valence-corrected chi connectivity index (χ3v) is 9.40. The molecule has 0 unspecified atom stereocenters. The van der Waals surface area contributed by atoms with Crippen LogP contribution in [0, 0.1) is 0 Å². The lowest BCUT2D eigenvalue weighted by Crippen LogP contribution is -2.29. The molecule has 0 saturated heterocycles. The summed E-state index contributed by atoms with van der Waals surface area (Å²) in [7, 11) is 0. The van der Waals surface area contributed by atoms with Gasteiger partial charge in [-0.25, -0.2) is 19.2 Å². The lowest BCUT2D eigenvalue weighted by molar-refractivity contribution is -0.140. The van der Waals surface area contributed by atoms with Crippen molar-refractivity contribution in [3.8, 4) is 34.1 Å². The third-order valence-electron chi connectivity index (χ3n) is 9.40. The summed E-state index contributed by atoms with van der Waals surface area (Å²) in [5, 5.41) is 0. The van der Waals surface area contributed by atoms with Crippen molar-refractivity contribution in [3.63, 3.8) is 0 Å². The monoisotopic (exact) mass is 830 g/mol. The Morgan fingerprint density at radius 2 is 0.705 bits per heavy atom. The van der Waals surface area contributed by atoms with E-state index in [1.54, 1.807) is 39.8 Å². The van der Waals surface area contributed by atoms with Crippen molar-refractivity contribution in [2.24, 2.45) is 0 Å². The average molecular weight is 831 g/mol. The van der Waals surface area contributed by atoms with E-state index in [9.17, 15) is 19.2 Å². The number of carbonyl (C=O) groups excluding carboxylic acids is 4. The normalized spacial score (nSPS) is 11.8. The number of esters is 4. The molecule has 1 aliphatic carbocycles. The Morgan fingerprint density at radius 3 is 1.02 bits per heavy atom. The van der Waals surface area contributed by atoms with Crippen LogP contribution in [0.2, 0.25) is 0 Å². The van der Waals surface area contributed by atoms with Crippen molar-refractivity contribution in [1.82, 2.24) is 0 Å². The molecule has 0 aromatic heterocycles. The van der Waals surface area contributed by atoms with E-state index in [1.165, 1.54) is 0 Å². The highest BCUT2D eigenvalue weighted by atomic mass is 16.6. The number of benzene rings is 4. The zero-order valence-corrected chi connectivity index (χ0v) is 35.0. The quantitative estimate of drug-likeness (QED) is 0.0288. The molecule has 5 rings (SSSR count). The van der Waals surface area contributed by atoms with Gasteiger partial charge in [0.1, 0.15) is 52.9 Å². The van der Waals surface area contributed by atoms with Crippen LogP contribution in [0.25, 0.3) is 11.1 Å². The molecule has 4 aromatic carbocycles. The summed E-state index contributed by atoms with van der Waals surface area (Å²) in [5.74, 6) is -0.742. The Kier molecular flexibility index (Phi) is 15.3. The Hall–Kier alpha value is -7.08. The molecular formula is C49H50O12. The van der Waals surface area contributed by atoms with Gasteiger partial charge in [0, 0.05) is 22.3 Å². The summed E-state index contributed by atoms with van der Waals surface area (Å²) in [5.41, 5.74) is 5.63. The predicted molar refractivity (Wildman–Crippen MR) is 229 cm³/mol. The molecule has 1 aliphatic rings. The summed E-state index contributed by atoms with van der Waals surface area (Å²) < 4.78 is 45.9. The fourth-order valence-electron chi connectivity index (χ4n) is 6.61. The fraction of sp³-hybridized carbons (Fsp3) is 0.265. The number of fused-ring (bicyclic) bond motifs is 3. The largest absolute Gasteiger partial charge is 0.486 e. The van der Waals surface area contributed by atoms with Gasteiger partial charge < -0.3 is 37.9 Å². The van der Waals surface area contributed by atoms with Gasteiger partial charge in [0.25, 0.3) is 0 Å². The molecule has 0 fully saturated rings. The summed E-state index contributed by atoms with van der Waals surface area (Å²) in [6.45, 7) is 20.6. The van der Waals surface area contributed by atoms with E-state index in [1.807, 2.05) is 48.5 Å². The molecule has 61 heavy (non-hydrogen) atoms. The van der Waals surface area contributed by atoms with E-state index >= 15 is 0 Å². The first-order valence-electron chi connectivity index (χ1n) is 19.6. The van der Waals surface area contributed by atoms with Crippen LogP contribution in [0.1, 0.15) is 49.9 Å². The maximum atomic E-state index is 12.2. The van der Waals surface area contributed by atoms with E-state index < -0.39 is 29.3 Å². The van der Waals surface area contributed by atoms with Crippen LogP contribution in [0.15, 0.2) is 134 Å². The molecule has 0 saturated carbocycles. The average Bonchev–Trinajstić information content (AvgIpc) is 3.55. The highest BCUT2D eigenvalue weighted by Crippen LogP contribution is 2.57. The van der Waals surface area contributed by atoms with Gasteiger partial charge in [-0.3, -0.25) is 0 Å². The second-order valence-corrected chi connectivity index (χ2v) is 14.2. The predicted octanol–water partition coefficient (Wildman–Crippen LogP) is 8.04. The third kappa shape index (κ3) is 10.8. The van der Waals surface area contributed by atoms with Gasteiger partial charge in [-0.05, 0) is 85.3 Å². The first-order valence-corrected chi connectivity index (χ1v) is 19.6. The molecule has 0 radical (unpaired) electrons. The first kappa shape index (κ1) is 45.0. The van der Waals surface area contributed by atoms with Gasteiger partial charge in [0.2, 0.25) is 0 Å². The molecule has 0 spiro atoms. The molecule has 4 aromatic rings. The maximum absolute atomic E-state index is 12.2. The molecule has 12 nitrogen and oxygen atoms in total. The van der Waals surface area contributed by atoms with Crippen molar-refractivity contribution in [2.45, 2.75) is 33.1 Å². The molecule has 0 N–H and O–H groups in total. The van der Waals surface area contributed by atoms with Crippen molar-refractivity contribution in [1.29, 1.82) is 0 Å².